The third kappa shape index (κ3) is 3.44. The normalized spacial score (nSPS) is 9.44. The minimum atomic E-state index is 0.169. The van der Waals surface area contributed by atoms with Crippen molar-refractivity contribution in [2.24, 2.45) is 0 Å². The summed E-state index contributed by atoms with van der Waals surface area (Å²) in [7, 11) is 1.53. The number of hydrogen-bond acceptors (Lipinski definition) is 3. The molecule has 2 N–H and O–H groups in total. The largest absolute Gasteiger partial charge is 0.504 e. The Kier molecular flexibility index (Phi) is 5.17. The van der Waals surface area contributed by atoms with Crippen LogP contribution in [-0.2, 0) is 6.54 Å². The molecule has 0 heterocycles. The summed E-state index contributed by atoms with van der Waals surface area (Å²) in [5.74, 6) is 6.32. The van der Waals surface area contributed by atoms with Gasteiger partial charge in [0.05, 0.1) is 13.7 Å². The molecule has 0 aliphatic carbocycles. The van der Waals surface area contributed by atoms with Crippen LogP contribution in [0.3, 0.4) is 0 Å². The molecule has 0 amide bonds. The molecule has 86 valence electrons. The minimum Gasteiger partial charge on any atom is -0.504 e. The highest BCUT2D eigenvalue weighted by Crippen LogP contribution is 2.33. The standard InChI is InChI=1S/C12H14BrNO2/c1-3-4-5-14-8-9-6-10(13)7-11(16-2)12(9)15/h6-7,14-15H,5,8H2,1-2H3. The van der Waals surface area contributed by atoms with E-state index in [-0.39, 0.29) is 5.75 Å². The molecule has 0 atom stereocenters. The molecular formula is C12H14BrNO2. The summed E-state index contributed by atoms with van der Waals surface area (Å²) in [5.41, 5.74) is 0.782. The van der Waals surface area contributed by atoms with Crippen LogP contribution < -0.4 is 10.1 Å². The number of rotatable bonds is 4. The number of phenols is 1. The first-order valence-electron chi connectivity index (χ1n) is 4.84. The van der Waals surface area contributed by atoms with Crippen LogP contribution in [-0.4, -0.2) is 18.8 Å². The predicted octanol–water partition coefficient (Wildman–Crippen LogP) is 2.28. The molecule has 0 spiro atoms. The molecular weight excluding hydrogens is 270 g/mol. The maximum Gasteiger partial charge on any atom is 0.162 e. The summed E-state index contributed by atoms with van der Waals surface area (Å²) in [6, 6.07) is 3.58. The maximum atomic E-state index is 9.85. The van der Waals surface area contributed by atoms with Gasteiger partial charge in [0.15, 0.2) is 11.5 Å². The van der Waals surface area contributed by atoms with Gasteiger partial charge in [0, 0.05) is 16.6 Å². The molecule has 1 aromatic rings. The Morgan fingerprint density at radius 1 is 1.50 bits per heavy atom. The molecule has 0 aliphatic heterocycles. The Morgan fingerprint density at radius 3 is 2.88 bits per heavy atom. The molecule has 16 heavy (non-hydrogen) atoms. The Bertz CT molecular complexity index is 421. The molecule has 1 aromatic carbocycles. The number of nitrogens with one attached hydrogen (secondary N) is 1. The van der Waals surface area contributed by atoms with Gasteiger partial charge < -0.3 is 15.2 Å². The Morgan fingerprint density at radius 2 is 2.25 bits per heavy atom. The summed E-state index contributed by atoms with van der Waals surface area (Å²) in [6.45, 7) is 2.95. The lowest BCUT2D eigenvalue weighted by molar-refractivity contribution is 0.369. The van der Waals surface area contributed by atoms with Gasteiger partial charge in [-0.25, -0.2) is 0 Å². The molecule has 0 saturated heterocycles. The van der Waals surface area contributed by atoms with E-state index < -0.39 is 0 Å². The zero-order valence-electron chi connectivity index (χ0n) is 9.30. The second kappa shape index (κ2) is 6.41. The SMILES string of the molecule is CC#CCNCc1cc(Br)cc(OC)c1O. The second-order valence-electron chi connectivity index (χ2n) is 3.15. The summed E-state index contributed by atoms with van der Waals surface area (Å²) in [5, 5.41) is 13.0. The fraction of sp³-hybridized carbons (Fsp3) is 0.333. The first-order chi connectivity index (χ1) is 7.69. The fourth-order valence-electron chi connectivity index (χ4n) is 1.27. The zero-order valence-corrected chi connectivity index (χ0v) is 10.9. The molecule has 4 heteroatoms. The van der Waals surface area contributed by atoms with E-state index in [1.807, 2.05) is 6.07 Å². The lowest BCUT2D eigenvalue weighted by Gasteiger charge is -2.09. The maximum absolute atomic E-state index is 9.85. The highest BCUT2D eigenvalue weighted by molar-refractivity contribution is 9.10. The molecule has 0 bridgehead atoms. The van der Waals surface area contributed by atoms with E-state index >= 15 is 0 Å². The van der Waals surface area contributed by atoms with Crippen LogP contribution in [0.4, 0.5) is 0 Å². The van der Waals surface area contributed by atoms with Crippen molar-refractivity contribution in [1.29, 1.82) is 0 Å². The lowest BCUT2D eigenvalue weighted by atomic mass is 10.2. The zero-order chi connectivity index (χ0) is 12.0. The predicted molar refractivity (Wildman–Crippen MR) is 67.5 cm³/mol. The van der Waals surface area contributed by atoms with Crippen molar-refractivity contribution < 1.29 is 9.84 Å². The van der Waals surface area contributed by atoms with Gasteiger partial charge in [0.2, 0.25) is 0 Å². The van der Waals surface area contributed by atoms with E-state index in [1.54, 1.807) is 13.0 Å². The van der Waals surface area contributed by atoms with Gasteiger partial charge in [-0.3, -0.25) is 0 Å². The third-order valence-corrected chi connectivity index (χ3v) is 2.50. The van der Waals surface area contributed by atoms with Crippen molar-refractivity contribution in [3.05, 3.63) is 22.2 Å². The van der Waals surface area contributed by atoms with E-state index in [2.05, 4.69) is 33.1 Å². The summed E-state index contributed by atoms with van der Waals surface area (Å²) in [6.07, 6.45) is 0. The van der Waals surface area contributed by atoms with E-state index in [9.17, 15) is 5.11 Å². The number of hydrogen-bond donors (Lipinski definition) is 2. The smallest absolute Gasteiger partial charge is 0.162 e. The topological polar surface area (TPSA) is 41.5 Å². The first-order valence-corrected chi connectivity index (χ1v) is 5.64. The monoisotopic (exact) mass is 283 g/mol. The highest BCUT2D eigenvalue weighted by atomic mass is 79.9. The van der Waals surface area contributed by atoms with Gasteiger partial charge in [0.1, 0.15) is 0 Å². The van der Waals surface area contributed by atoms with Gasteiger partial charge in [0.25, 0.3) is 0 Å². The first kappa shape index (κ1) is 12.9. The van der Waals surface area contributed by atoms with Crippen LogP contribution in [0.2, 0.25) is 0 Å². The fourth-order valence-corrected chi connectivity index (χ4v) is 1.75. The molecule has 0 radical (unpaired) electrons. The van der Waals surface area contributed by atoms with Crippen molar-refractivity contribution >= 4 is 15.9 Å². The van der Waals surface area contributed by atoms with Crippen LogP contribution in [0.5, 0.6) is 11.5 Å². The van der Waals surface area contributed by atoms with Crippen LogP contribution >= 0.6 is 15.9 Å². The van der Waals surface area contributed by atoms with E-state index in [1.165, 1.54) is 7.11 Å². The molecule has 0 saturated carbocycles. The molecule has 3 nitrogen and oxygen atoms in total. The number of aromatic hydroxyl groups is 1. The summed E-state index contributed by atoms with van der Waals surface area (Å²) < 4.78 is 5.93. The van der Waals surface area contributed by atoms with Gasteiger partial charge in [-0.1, -0.05) is 21.9 Å². The quantitative estimate of drug-likeness (QED) is 0.658. The summed E-state index contributed by atoms with van der Waals surface area (Å²) in [4.78, 5) is 0. The Labute approximate surface area is 104 Å². The second-order valence-corrected chi connectivity index (χ2v) is 4.06. The van der Waals surface area contributed by atoms with Crippen LogP contribution in [0.25, 0.3) is 0 Å². The third-order valence-electron chi connectivity index (χ3n) is 2.04. The Balaban J connectivity index is 2.77. The number of ether oxygens (including phenoxy) is 1. The average molecular weight is 284 g/mol. The lowest BCUT2D eigenvalue weighted by Crippen LogP contribution is -2.13. The van der Waals surface area contributed by atoms with Gasteiger partial charge in [-0.15, -0.1) is 5.92 Å². The van der Waals surface area contributed by atoms with E-state index in [0.29, 0.717) is 18.8 Å². The highest BCUT2D eigenvalue weighted by Gasteiger charge is 2.08. The van der Waals surface area contributed by atoms with Gasteiger partial charge in [-0.05, 0) is 19.1 Å². The van der Waals surface area contributed by atoms with Crippen LogP contribution in [0.1, 0.15) is 12.5 Å². The van der Waals surface area contributed by atoms with Crippen LogP contribution in [0.15, 0.2) is 16.6 Å². The molecule has 1 rings (SSSR count). The van der Waals surface area contributed by atoms with Gasteiger partial charge in [-0.2, -0.15) is 0 Å². The van der Waals surface area contributed by atoms with Crippen molar-refractivity contribution in [2.75, 3.05) is 13.7 Å². The summed E-state index contributed by atoms with van der Waals surface area (Å²) >= 11 is 3.36. The average Bonchev–Trinajstić information content (AvgIpc) is 2.28. The molecule has 0 aliphatic rings. The number of benzene rings is 1. The van der Waals surface area contributed by atoms with Crippen molar-refractivity contribution in [3.8, 4) is 23.3 Å². The number of phenolic OH excluding ortho intramolecular Hbond substituents is 1. The van der Waals surface area contributed by atoms with E-state index in [0.717, 1.165) is 10.0 Å². The van der Waals surface area contributed by atoms with Crippen molar-refractivity contribution in [2.45, 2.75) is 13.5 Å². The van der Waals surface area contributed by atoms with E-state index in [4.69, 9.17) is 4.74 Å². The van der Waals surface area contributed by atoms with Gasteiger partial charge >= 0.3 is 0 Å². The van der Waals surface area contributed by atoms with Crippen molar-refractivity contribution in [1.82, 2.24) is 5.32 Å². The molecule has 0 unspecified atom stereocenters. The number of halogens is 1. The minimum absolute atomic E-state index is 0.169. The van der Waals surface area contributed by atoms with Crippen molar-refractivity contribution in [3.63, 3.8) is 0 Å². The number of methoxy groups -OCH3 is 1. The van der Waals surface area contributed by atoms with Crippen LogP contribution in [0, 0.1) is 11.8 Å². The Hall–Kier alpha value is -1.18. The molecule has 0 aromatic heterocycles. The molecule has 0 fully saturated rings.